The third-order valence-corrected chi connectivity index (χ3v) is 4.05. The maximum absolute atomic E-state index is 12.4. The Labute approximate surface area is 130 Å². The fourth-order valence-corrected chi connectivity index (χ4v) is 2.65. The van der Waals surface area contributed by atoms with E-state index in [1.165, 1.54) is 0 Å². The minimum absolute atomic E-state index is 0.0743. The molecule has 1 unspecified atom stereocenters. The maximum atomic E-state index is 12.4. The number of nitrogens with zero attached hydrogens (tertiary/aromatic N) is 2. The molecule has 1 atom stereocenters. The van der Waals surface area contributed by atoms with Crippen molar-refractivity contribution in [1.29, 1.82) is 5.26 Å². The second-order valence-electron chi connectivity index (χ2n) is 5.79. The molecule has 1 heterocycles. The molecule has 1 aromatic carbocycles. The Bertz CT molecular complexity index is 554. The van der Waals surface area contributed by atoms with Gasteiger partial charge in [-0.3, -0.25) is 4.79 Å². The maximum Gasteiger partial charge on any atom is 0.254 e. The molecule has 0 aromatic heterocycles. The Morgan fingerprint density at radius 2 is 2.09 bits per heavy atom. The third-order valence-electron chi connectivity index (χ3n) is 4.05. The molecule has 1 aromatic rings. The highest BCUT2D eigenvalue weighted by molar-refractivity contribution is 5.94. The van der Waals surface area contributed by atoms with Crippen LogP contribution in [0.1, 0.15) is 36.0 Å². The van der Waals surface area contributed by atoms with Gasteiger partial charge in [0.2, 0.25) is 0 Å². The van der Waals surface area contributed by atoms with Crippen molar-refractivity contribution < 1.29 is 14.3 Å². The van der Waals surface area contributed by atoms with Crippen molar-refractivity contribution in [3.8, 4) is 11.8 Å². The predicted octanol–water partition coefficient (Wildman–Crippen LogP) is 2.37. The standard InChI is InChI=1S/C17H20N2O3/c18-9-10-19(14-5-6-14)17(20)13-3-7-15(8-4-13)22-12-16-2-1-11-21-16/h3-4,7-8,14,16H,1-2,5-6,10-12H2. The summed E-state index contributed by atoms with van der Waals surface area (Å²) in [5.41, 5.74) is 0.603. The molecule has 2 fully saturated rings. The smallest absolute Gasteiger partial charge is 0.254 e. The van der Waals surface area contributed by atoms with Gasteiger partial charge in [0.15, 0.2) is 0 Å². The van der Waals surface area contributed by atoms with Crippen molar-refractivity contribution in [2.45, 2.75) is 37.8 Å². The summed E-state index contributed by atoms with van der Waals surface area (Å²) in [6, 6.07) is 9.45. The minimum atomic E-state index is -0.0743. The number of amides is 1. The van der Waals surface area contributed by atoms with Gasteiger partial charge in [0.25, 0.3) is 5.91 Å². The fraction of sp³-hybridized carbons (Fsp3) is 0.529. The second kappa shape index (κ2) is 6.80. The van der Waals surface area contributed by atoms with Gasteiger partial charge in [-0.1, -0.05) is 0 Å². The molecule has 0 spiro atoms. The fourth-order valence-electron chi connectivity index (χ4n) is 2.65. The van der Waals surface area contributed by atoms with Crippen molar-refractivity contribution >= 4 is 5.91 Å². The van der Waals surface area contributed by atoms with Crippen molar-refractivity contribution in [3.63, 3.8) is 0 Å². The van der Waals surface area contributed by atoms with Gasteiger partial charge in [-0.05, 0) is 49.9 Å². The van der Waals surface area contributed by atoms with Crippen LogP contribution in [0.2, 0.25) is 0 Å². The molecule has 1 aliphatic heterocycles. The minimum Gasteiger partial charge on any atom is -0.491 e. The predicted molar refractivity (Wildman–Crippen MR) is 80.6 cm³/mol. The monoisotopic (exact) mass is 300 g/mol. The van der Waals surface area contributed by atoms with Crippen LogP contribution in [0.3, 0.4) is 0 Å². The number of carbonyl (C=O) groups is 1. The quantitative estimate of drug-likeness (QED) is 0.757. The first-order valence-electron chi connectivity index (χ1n) is 7.80. The number of hydrogen-bond acceptors (Lipinski definition) is 4. The zero-order chi connectivity index (χ0) is 15.4. The normalized spacial score (nSPS) is 20.4. The molecule has 1 saturated heterocycles. The highest BCUT2D eigenvalue weighted by Crippen LogP contribution is 2.28. The highest BCUT2D eigenvalue weighted by Gasteiger charge is 2.32. The Morgan fingerprint density at radius 1 is 1.32 bits per heavy atom. The Balaban J connectivity index is 1.58. The topological polar surface area (TPSA) is 62.6 Å². The van der Waals surface area contributed by atoms with Crippen LogP contribution in [-0.2, 0) is 4.74 Å². The summed E-state index contributed by atoms with van der Waals surface area (Å²) in [6.07, 6.45) is 4.31. The van der Waals surface area contributed by atoms with Crippen LogP contribution in [0, 0.1) is 11.3 Å². The molecule has 1 saturated carbocycles. The zero-order valence-electron chi connectivity index (χ0n) is 12.5. The van der Waals surface area contributed by atoms with E-state index in [1.807, 2.05) is 0 Å². The van der Waals surface area contributed by atoms with Gasteiger partial charge in [-0.25, -0.2) is 0 Å². The van der Waals surface area contributed by atoms with E-state index < -0.39 is 0 Å². The van der Waals surface area contributed by atoms with Crippen molar-refractivity contribution in [2.75, 3.05) is 19.8 Å². The van der Waals surface area contributed by atoms with Crippen LogP contribution >= 0.6 is 0 Å². The molecule has 1 amide bonds. The van der Waals surface area contributed by atoms with E-state index in [2.05, 4.69) is 6.07 Å². The van der Waals surface area contributed by atoms with Crippen molar-refractivity contribution in [2.24, 2.45) is 0 Å². The van der Waals surface area contributed by atoms with Crippen LogP contribution in [0.15, 0.2) is 24.3 Å². The molecule has 3 rings (SSSR count). The summed E-state index contributed by atoms with van der Waals surface area (Å²) < 4.78 is 11.2. The lowest BCUT2D eigenvalue weighted by Gasteiger charge is -2.19. The summed E-state index contributed by atoms with van der Waals surface area (Å²) >= 11 is 0. The van der Waals surface area contributed by atoms with Gasteiger partial charge in [-0.15, -0.1) is 0 Å². The summed E-state index contributed by atoms with van der Waals surface area (Å²) in [6.45, 7) is 1.52. The molecule has 0 radical (unpaired) electrons. The molecule has 0 bridgehead atoms. The van der Waals surface area contributed by atoms with E-state index in [0.29, 0.717) is 12.2 Å². The van der Waals surface area contributed by atoms with Gasteiger partial charge in [0, 0.05) is 18.2 Å². The second-order valence-corrected chi connectivity index (χ2v) is 5.79. The van der Waals surface area contributed by atoms with E-state index in [1.54, 1.807) is 29.2 Å². The summed E-state index contributed by atoms with van der Waals surface area (Å²) in [5, 5.41) is 8.85. The summed E-state index contributed by atoms with van der Waals surface area (Å²) in [7, 11) is 0. The van der Waals surface area contributed by atoms with Gasteiger partial charge in [0.1, 0.15) is 18.9 Å². The summed E-state index contributed by atoms with van der Waals surface area (Å²) in [5.74, 6) is 0.667. The lowest BCUT2D eigenvalue weighted by Crippen LogP contribution is -2.33. The van der Waals surface area contributed by atoms with E-state index in [4.69, 9.17) is 14.7 Å². The van der Waals surface area contributed by atoms with Gasteiger partial charge >= 0.3 is 0 Å². The summed E-state index contributed by atoms with van der Waals surface area (Å²) in [4.78, 5) is 14.1. The van der Waals surface area contributed by atoms with E-state index in [0.717, 1.165) is 38.0 Å². The van der Waals surface area contributed by atoms with Gasteiger partial charge in [0.05, 0.1) is 12.2 Å². The average molecular weight is 300 g/mol. The van der Waals surface area contributed by atoms with Crippen molar-refractivity contribution in [3.05, 3.63) is 29.8 Å². The van der Waals surface area contributed by atoms with Gasteiger partial charge < -0.3 is 14.4 Å². The first kappa shape index (κ1) is 14.9. The first-order chi connectivity index (χ1) is 10.8. The van der Waals surface area contributed by atoms with Crippen LogP contribution in [-0.4, -0.2) is 42.7 Å². The number of rotatable bonds is 6. The largest absolute Gasteiger partial charge is 0.491 e. The molecule has 1 aliphatic carbocycles. The molecule has 5 nitrogen and oxygen atoms in total. The average Bonchev–Trinajstić information content (AvgIpc) is 3.25. The zero-order valence-corrected chi connectivity index (χ0v) is 12.5. The third kappa shape index (κ3) is 3.58. The van der Waals surface area contributed by atoms with Crippen LogP contribution in [0.5, 0.6) is 5.75 Å². The molecule has 2 aliphatic rings. The molecular weight excluding hydrogens is 280 g/mol. The highest BCUT2D eigenvalue weighted by atomic mass is 16.5. The Morgan fingerprint density at radius 3 is 2.68 bits per heavy atom. The molecule has 22 heavy (non-hydrogen) atoms. The Kier molecular flexibility index (Phi) is 4.59. The van der Waals surface area contributed by atoms with Gasteiger partial charge in [-0.2, -0.15) is 5.26 Å². The van der Waals surface area contributed by atoms with Crippen LogP contribution < -0.4 is 4.74 Å². The molecule has 5 heteroatoms. The van der Waals surface area contributed by atoms with E-state index in [-0.39, 0.29) is 24.6 Å². The number of hydrogen-bond donors (Lipinski definition) is 0. The number of nitriles is 1. The van der Waals surface area contributed by atoms with E-state index in [9.17, 15) is 4.79 Å². The lowest BCUT2D eigenvalue weighted by molar-refractivity contribution is 0.0678. The van der Waals surface area contributed by atoms with Crippen LogP contribution in [0.25, 0.3) is 0 Å². The number of carbonyl (C=O) groups excluding carboxylic acids is 1. The van der Waals surface area contributed by atoms with Crippen molar-refractivity contribution in [1.82, 2.24) is 4.90 Å². The number of benzene rings is 1. The SMILES string of the molecule is N#CCN(C(=O)c1ccc(OCC2CCCO2)cc1)C1CC1. The van der Waals surface area contributed by atoms with Crippen LogP contribution in [0.4, 0.5) is 0 Å². The first-order valence-corrected chi connectivity index (χ1v) is 7.80. The van der Waals surface area contributed by atoms with E-state index >= 15 is 0 Å². The lowest BCUT2D eigenvalue weighted by atomic mass is 10.2. The Hall–Kier alpha value is -2.06. The molecule has 0 N–H and O–H groups in total. The molecule has 116 valence electrons. The molecular formula is C17H20N2O3. The number of ether oxygens (including phenoxy) is 2.